The number of rotatable bonds is 8. The van der Waals surface area contributed by atoms with Crippen LogP contribution in [0.4, 0.5) is 23.2 Å². The molecule has 0 aliphatic carbocycles. The number of Topliss-reactive ketones (excluding diaryl/α,β-unsaturated/α-hetero) is 1. The van der Waals surface area contributed by atoms with Crippen molar-refractivity contribution >= 4 is 35.1 Å². The van der Waals surface area contributed by atoms with Crippen LogP contribution in [-0.2, 0) is 28.7 Å². The van der Waals surface area contributed by atoms with Crippen molar-refractivity contribution in [2.75, 3.05) is 25.0 Å². The molecule has 0 radical (unpaired) electrons. The number of nitrogens with one attached hydrogen (secondary N) is 3. The standard InChI is InChI=1S/C24H28F4N4O6/c25-15-6-3-4-7-16(15)30-22(36)23(37)32-11-5-1-2-8-18(32)21(35)31-17(12-14-9-10-29-20(14)34)19(33)13-38-24(26,27)28/h3-4,6-7,14,17-18H,1-2,5,8-13H2,(H,29,34)(H,30,36)(H,31,35)/t14-,17-,18-/m0/s1. The number of ketones is 1. The summed E-state index contributed by atoms with van der Waals surface area (Å²) in [5, 5.41) is 7.11. The lowest BCUT2D eigenvalue weighted by molar-refractivity contribution is -0.321. The van der Waals surface area contributed by atoms with Crippen molar-refractivity contribution in [3.05, 3.63) is 30.1 Å². The van der Waals surface area contributed by atoms with Crippen molar-refractivity contribution in [2.45, 2.75) is 57.0 Å². The first-order valence-electron chi connectivity index (χ1n) is 12.1. The van der Waals surface area contributed by atoms with Gasteiger partial charge in [0, 0.05) is 19.0 Å². The summed E-state index contributed by atoms with van der Waals surface area (Å²) in [6.07, 6.45) is -3.30. The van der Waals surface area contributed by atoms with Gasteiger partial charge in [-0.2, -0.15) is 0 Å². The molecule has 3 N–H and O–H groups in total. The van der Waals surface area contributed by atoms with Crippen LogP contribution in [0.25, 0.3) is 0 Å². The van der Waals surface area contributed by atoms with Crippen LogP contribution in [0.2, 0.25) is 0 Å². The van der Waals surface area contributed by atoms with Gasteiger partial charge in [-0.05, 0) is 37.8 Å². The predicted octanol–water partition coefficient (Wildman–Crippen LogP) is 1.65. The number of carbonyl (C=O) groups is 5. The maximum absolute atomic E-state index is 13.9. The number of amides is 4. The Morgan fingerprint density at radius 2 is 1.84 bits per heavy atom. The van der Waals surface area contributed by atoms with E-state index in [0.717, 1.165) is 11.0 Å². The van der Waals surface area contributed by atoms with Gasteiger partial charge in [-0.25, -0.2) is 4.39 Å². The lowest BCUT2D eigenvalue weighted by Crippen LogP contribution is -2.55. The summed E-state index contributed by atoms with van der Waals surface area (Å²) in [6, 6.07) is 2.49. The Morgan fingerprint density at radius 3 is 2.50 bits per heavy atom. The second-order valence-corrected chi connectivity index (χ2v) is 9.07. The highest BCUT2D eigenvalue weighted by molar-refractivity contribution is 6.40. The van der Waals surface area contributed by atoms with Gasteiger partial charge >= 0.3 is 18.2 Å². The van der Waals surface area contributed by atoms with Gasteiger partial charge in [-0.1, -0.05) is 25.0 Å². The van der Waals surface area contributed by atoms with Crippen LogP contribution in [0.15, 0.2) is 24.3 Å². The molecule has 2 aliphatic rings. The molecule has 0 saturated carbocycles. The second kappa shape index (κ2) is 12.8. The van der Waals surface area contributed by atoms with E-state index < -0.39 is 66.2 Å². The lowest BCUT2D eigenvalue weighted by atomic mass is 9.95. The molecule has 3 atom stereocenters. The van der Waals surface area contributed by atoms with E-state index in [1.165, 1.54) is 18.2 Å². The van der Waals surface area contributed by atoms with Crippen LogP contribution in [0.5, 0.6) is 0 Å². The first-order chi connectivity index (χ1) is 18.0. The summed E-state index contributed by atoms with van der Waals surface area (Å²) in [7, 11) is 0. The summed E-state index contributed by atoms with van der Waals surface area (Å²) in [5.41, 5.74) is -0.230. The zero-order chi connectivity index (χ0) is 27.9. The van der Waals surface area contributed by atoms with Gasteiger partial charge < -0.3 is 20.9 Å². The zero-order valence-corrected chi connectivity index (χ0v) is 20.3. The number of anilines is 1. The predicted molar refractivity (Wildman–Crippen MR) is 124 cm³/mol. The fraction of sp³-hybridized carbons (Fsp3) is 0.542. The SMILES string of the molecule is O=C(Nc1ccccc1F)C(=O)N1CCCCC[C@H]1C(=O)N[C@@H](C[C@@H]1CCNC1=O)C(=O)COC(F)(F)F. The summed E-state index contributed by atoms with van der Waals surface area (Å²) in [5.74, 6) is -6.12. The lowest BCUT2D eigenvalue weighted by Gasteiger charge is -2.30. The Labute approximate surface area is 215 Å². The van der Waals surface area contributed by atoms with Gasteiger partial charge in [-0.15, -0.1) is 13.2 Å². The van der Waals surface area contributed by atoms with Gasteiger partial charge in [0.2, 0.25) is 11.8 Å². The number of hydrogen-bond donors (Lipinski definition) is 3. The van der Waals surface area contributed by atoms with Crippen LogP contribution >= 0.6 is 0 Å². The second-order valence-electron chi connectivity index (χ2n) is 9.07. The van der Waals surface area contributed by atoms with E-state index in [-0.39, 0.29) is 25.1 Å². The molecule has 2 heterocycles. The Bertz CT molecular complexity index is 1070. The van der Waals surface area contributed by atoms with Gasteiger partial charge in [0.1, 0.15) is 18.5 Å². The van der Waals surface area contributed by atoms with Crippen LogP contribution in [0, 0.1) is 11.7 Å². The number of alkyl halides is 3. The summed E-state index contributed by atoms with van der Waals surface area (Å²) in [4.78, 5) is 64.4. The van der Waals surface area contributed by atoms with E-state index in [1.54, 1.807) is 0 Å². The van der Waals surface area contributed by atoms with Crippen LogP contribution in [-0.4, -0.2) is 72.5 Å². The van der Waals surface area contributed by atoms with Crippen molar-refractivity contribution in [3.63, 3.8) is 0 Å². The Morgan fingerprint density at radius 1 is 1.11 bits per heavy atom. The molecule has 0 spiro atoms. The normalized spacial score (nSPS) is 20.7. The molecule has 14 heteroatoms. The zero-order valence-electron chi connectivity index (χ0n) is 20.3. The number of likely N-dealkylation sites (tertiary alicyclic amines) is 1. The molecule has 10 nitrogen and oxygen atoms in total. The van der Waals surface area contributed by atoms with Crippen molar-refractivity contribution in [3.8, 4) is 0 Å². The summed E-state index contributed by atoms with van der Waals surface area (Å²) >= 11 is 0. The summed E-state index contributed by atoms with van der Waals surface area (Å²) < 4.78 is 55.1. The molecule has 38 heavy (non-hydrogen) atoms. The quantitative estimate of drug-likeness (QED) is 0.337. The highest BCUT2D eigenvalue weighted by Gasteiger charge is 2.39. The van der Waals surface area contributed by atoms with Crippen LogP contribution in [0.1, 0.15) is 38.5 Å². The molecular formula is C24H28F4N4O6. The maximum Gasteiger partial charge on any atom is 0.522 e. The molecule has 0 bridgehead atoms. The van der Waals surface area contributed by atoms with Gasteiger partial charge in [0.15, 0.2) is 5.78 Å². The first-order valence-corrected chi connectivity index (χ1v) is 12.1. The number of nitrogens with zero attached hydrogens (tertiary/aromatic N) is 1. The molecule has 0 aromatic heterocycles. The van der Waals surface area contributed by atoms with Gasteiger partial charge in [-0.3, -0.25) is 28.7 Å². The van der Waals surface area contributed by atoms with E-state index in [1.807, 2.05) is 0 Å². The minimum Gasteiger partial charge on any atom is -0.356 e. The molecule has 1 aromatic carbocycles. The maximum atomic E-state index is 13.9. The number of ether oxygens (including phenoxy) is 1. The Kier molecular flexibility index (Phi) is 9.78. The third-order valence-corrected chi connectivity index (χ3v) is 6.40. The largest absolute Gasteiger partial charge is 0.522 e. The first kappa shape index (κ1) is 29.0. The van der Waals surface area contributed by atoms with Crippen molar-refractivity contribution in [1.82, 2.24) is 15.5 Å². The van der Waals surface area contributed by atoms with Gasteiger partial charge in [0.25, 0.3) is 0 Å². The highest BCUT2D eigenvalue weighted by atomic mass is 19.4. The number of benzene rings is 1. The average molecular weight is 545 g/mol. The van der Waals surface area contributed by atoms with E-state index in [2.05, 4.69) is 20.7 Å². The molecule has 3 rings (SSSR count). The minimum atomic E-state index is -5.08. The van der Waals surface area contributed by atoms with E-state index in [0.29, 0.717) is 32.2 Å². The Hall–Kier alpha value is -3.55. The van der Waals surface area contributed by atoms with E-state index in [9.17, 15) is 41.5 Å². The highest BCUT2D eigenvalue weighted by Crippen LogP contribution is 2.22. The van der Waals surface area contributed by atoms with Crippen LogP contribution in [0.3, 0.4) is 0 Å². The number of halogens is 4. The van der Waals surface area contributed by atoms with E-state index >= 15 is 0 Å². The Balaban J connectivity index is 1.75. The molecule has 4 amide bonds. The van der Waals surface area contributed by atoms with Crippen molar-refractivity contribution in [2.24, 2.45) is 5.92 Å². The molecule has 1 aromatic rings. The molecular weight excluding hydrogens is 516 g/mol. The van der Waals surface area contributed by atoms with E-state index in [4.69, 9.17) is 0 Å². The number of carbonyl (C=O) groups excluding carboxylic acids is 5. The fourth-order valence-corrected chi connectivity index (χ4v) is 4.44. The monoisotopic (exact) mass is 544 g/mol. The fourth-order valence-electron chi connectivity index (χ4n) is 4.44. The summed E-state index contributed by atoms with van der Waals surface area (Å²) in [6.45, 7) is -1.04. The topological polar surface area (TPSA) is 134 Å². The van der Waals surface area contributed by atoms with Crippen molar-refractivity contribution in [1.29, 1.82) is 0 Å². The molecule has 2 aliphatic heterocycles. The molecule has 208 valence electrons. The third-order valence-electron chi connectivity index (χ3n) is 6.40. The third kappa shape index (κ3) is 7.97. The minimum absolute atomic E-state index is 0.0163. The number of para-hydroxylation sites is 1. The molecule has 0 unspecified atom stereocenters. The molecule has 2 fully saturated rings. The smallest absolute Gasteiger partial charge is 0.356 e. The average Bonchev–Trinajstić information content (AvgIpc) is 3.11. The van der Waals surface area contributed by atoms with Crippen molar-refractivity contribution < 1.29 is 46.3 Å². The number of hydrogen-bond acceptors (Lipinski definition) is 6. The van der Waals surface area contributed by atoms with Crippen LogP contribution < -0.4 is 16.0 Å². The van der Waals surface area contributed by atoms with Gasteiger partial charge in [0.05, 0.1) is 11.7 Å². The molecule has 2 saturated heterocycles.